The van der Waals surface area contributed by atoms with E-state index in [1.54, 1.807) is 11.6 Å². The first kappa shape index (κ1) is 16.7. The molecule has 1 saturated heterocycles. The number of hydrogen-bond donors (Lipinski definition) is 1. The van der Waals surface area contributed by atoms with Crippen LogP contribution in [0.3, 0.4) is 0 Å². The van der Waals surface area contributed by atoms with Gasteiger partial charge in [0, 0.05) is 12.2 Å². The molecule has 1 unspecified atom stereocenters. The molecule has 3 rings (SSSR count). The number of nitrogens with zero attached hydrogens (tertiary/aromatic N) is 2. The second kappa shape index (κ2) is 6.39. The van der Waals surface area contributed by atoms with E-state index in [2.05, 4.69) is 10.4 Å². The monoisotopic (exact) mass is 347 g/mol. The van der Waals surface area contributed by atoms with Crippen molar-refractivity contribution in [2.45, 2.75) is 32.9 Å². The molecule has 1 atom stereocenters. The molecule has 1 aliphatic rings. The van der Waals surface area contributed by atoms with Crippen LogP contribution in [0.15, 0.2) is 30.5 Å². The molecule has 1 N–H and O–H groups in total. The lowest BCUT2D eigenvalue weighted by Crippen LogP contribution is -2.23. The summed E-state index contributed by atoms with van der Waals surface area (Å²) in [7, 11) is -2.98. The average Bonchev–Trinajstić information content (AvgIpc) is 3.09. The Hall–Kier alpha value is -2.15. The Morgan fingerprint density at radius 2 is 2.00 bits per heavy atom. The van der Waals surface area contributed by atoms with E-state index in [9.17, 15) is 13.2 Å². The summed E-state index contributed by atoms with van der Waals surface area (Å²) in [5, 5.41) is 7.13. The summed E-state index contributed by atoms with van der Waals surface area (Å²) in [5.74, 6) is 0.0893. The fraction of sp³-hybridized carbons (Fsp3) is 0.412. The molecule has 2 aromatic rings. The van der Waals surface area contributed by atoms with Crippen molar-refractivity contribution in [1.82, 2.24) is 15.1 Å². The lowest BCUT2D eigenvalue weighted by atomic mass is 10.1. The fourth-order valence-corrected chi connectivity index (χ4v) is 4.66. The molecule has 2 heterocycles. The predicted molar refractivity (Wildman–Crippen MR) is 91.6 cm³/mol. The quantitative estimate of drug-likeness (QED) is 0.914. The zero-order valence-corrected chi connectivity index (χ0v) is 14.6. The Labute approximate surface area is 141 Å². The lowest BCUT2D eigenvalue weighted by Gasteiger charge is -2.11. The van der Waals surface area contributed by atoms with E-state index >= 15 is 0 Å². The van der Waals surface area contributed by atoms with E-state index in [0.29, 0.717) is 24.2 Å². The number of sulfone groups is 1. The van der Waals surface area contributed by atoms with Gasteiger partial charge in [0.2, 0.25) is 0 Å². The maximum atomic E-state index is 12.4. The first-order valence-electron chi connectivity index (χ1n) is 7.94. The highest BCUT2D eigenvalue weighted by molar-refractivity contribution is 7.91. The van der Waals surface area contributed by atoms with Crippen LogP contribution >= 0.6 is 0 Å². The summed E-state index contributed by atoms with van der Waals surface area (Å²) >= 11 is 0. The second-order valence-electron chi connectivity index (χ2n) is 6.31. The van der Waals surface area contributed by atoms with E-state index in [1.807, 2.05) is 31.2 Å². The number of carbonyl (C=O) groups excluding carboxylic acids is 1. The molecule has 6 nitrogen and oxygen atoms in total. The average molecular weight is 347 g/mol. The van der Waals surface area contributed by atoms with Crippen molar-refractivity contribution in [3.8, 4) is 0 Å². The Kier molecular flexibility index (Phi) is 4.45. The highest BCUT2D eigenvalue weighted by Crippen LogP contribution is 2.25. The van der Waals surface area contributed by atoms with E-state index < -0.39 is 9.84 Å². The van der Waals surface area contributed by atoms with Gasteiger partial charge >= 0.3 is 0 Å². The van der Waals surface area contributed by atoms with Gasteiger partial charge in [-0.15, -0.1) is 0 Å². The Morgan fingerprint density at radius 3 is 2.62 bits per heavy atom. The van der Waals surface area contributed by atoms with Crippen molar-refractivity contribution in [3.63, 3.8) is 0 Å². The molecule has 7 heteroatoms. The summed E-state index contributed by atoms with van der Waals surface area (Å²) in [6.45, 7) is 4.27. The van der Waals surface area contributed by atoms with Crippen LogP contribution < -0.4 is 5.32 Å². The number of aromatic nitrogens is 2. The van der Waals surface area contributed by atoms with Crippen LogP contribution in [0, 0.1) is 13.8 Å². The van der Waals surface area contributed by atoms with Gasteiger partial charge in [0.1, 0.15) is 0 Å². The molecular weight excluding hydrogens is 326 g/mol. The summed E-state index contributed by atoms with van der Waals surface area (Å²) < 4.78 is 24.9. The van der Waals surface area contributed by atoms with Crippen LogP contribution in [0.2, 0.25) is 0 Å². The lowest BCUT2D eigenvalue weighted by molar-refractivity contribution is 0.0950. The van der Waals surface area contributed by atoms with E-state index in [0.717, 1.165) is 5.56 Å². The van der Waals surface area contributed by atoms with Crippen molar-refractivity contribution in [2.24, 2.45) is 0 Å². The van der Waals surface area contributed by atoms with Crippen LogP contribution in [0.25, 0.3) is 0 Å². The largest absolute Gasteiger partial charge is 0.348 e. The van der Waals surface area contributed by atoms with Gasteiger partial charge in [0.15, 0.2) is 9.84 Å². The number of rotatable bonds is 4. The summed E-state index contributed by atoms with van der Waals surface area (Å²) in [6.07, 6.45) is 2.07. The molecule has 128 valence electrons. The molecule has 0 bridgehead atoms. The number of aryl methyl sites for hydroxylation is 1. The van der Waals surface area contributed by atoms with Crippen LogP contribution in [0.1, 0.15) is 39.6 Å². The summed E-state index contributed by atoms with van der Waals surface area (Å²) in [5.41, 5.74) is 3.40. The topological polar surface area (TPSA) is 81.1 Å². The third-order valence-electron chi connectivity index (χ3n) is 4.42. The highest BCUT2D eigenvalue weighted by atomic mass is 32.2. The molecule has 0 saturated carbocycles. The van der Waals surface area contributed by atoms with Gasteiger partial charge in [-0.2, -0.15) is 5.10 Å². The summed E-state index contributed by atoms with van der Waals surface area (Å²) in [6, 6.07) is 7.80. The van der Waals surface area contributed by atoms with E-state index in [4.69, 9.17) is 0 Å². The van der Waals surface area contributed by atoms with E-state index in [1.165, 1.54) is 11.8 Å². The van der Waals surface area contributed by atoms with Gasteiger partial charge in [-0.05, 0) is 25.8 Å². The Balaban J connectivity index is 1.69. The smallest absolute Gasteiger partial charge is 0.255 e. The molecule has 1 aromatic heterocycles. The molecule has 0 aliphatic carbocycles. The third-order valence-corrected chi connectivity index (χ3v) is 6.17. The minimum absolute atomic E-state index is 0.0972. The standard InChI is InChI=1S/C17H21N3O3S/c1-12-3-5-14(6-4-12)9-18-17(21)16-10-19-20(13(16)2)15-7-8-24(22,23)11-15/h3-6,10,15H,7-9,11H2,1-2H3,(H,18,21). The molecule has 24 heavy (non-hydrogen) atoms. The number of amides is 1. The molecule has 1 amide bonds. The van der Waals surface area contributed by atoms with Crippen LogP contribution in [0.5, 0.6) is 0 Å². The van der Waals surface area contributed by atoms with Crippen molar-refractivity contribution in [2.75, 3.05) is 11.5 Å². The number of benzene rings is 1. The van der Waals surface area contributed by atoms with Gasteiger partial charge in [-0.1, -0.05) is 29.8 Å². The van der Waals surface area contributed by atoms with Crippen LogP contribution in [-0.4, -0.2) is 35.6 Å². The van der Waals surface area contributed by atoms with Crippen LogP contribution in [0.4, 0.5) is 0 Å². The van der Waals surface area contributed by atoms with Gasteiger partial charge in [-0.25, -0.2) is 8.42 Å². The predicted octanol–water partition coefficient (Wildman–Crippen LogP) is 1.79. The SMILES string of the molecule is Cc1ccc(CNC(=O)c2cnn(C3CCS(=O)(=O)C3)c2C)cc1. The minimum Gasteiger partial charge on any atom is -0.348 e. The van der Waals surface area contributed by atoms with Gasteiger partial charge in [0.25, 0.3) is 5.91 Å². The number of hydrogen-bond acceptors (Lipinski definition) is 4. The maximum Gasteiger partial charge on any atom is 0.255 e. The number of carbonyl (C=O) groups is 1. The van der Waals surface area contributed by atoms with Crippen molar-refractivity contribution in [3.05, 3.63) is 52.8 Å². The Bertz CT molecular complexity index is 854. The zero-order valence-electron chi connectivity index (χ0n) is 13.8. The minimum atomic E-state index is -2.98. The second-order valence-corrected chi connectivity index (χ2v) is 8.54. The first-order chi connectivity index (χ1) is 11.4. The zero-order chi connectivity index (χ0) is 17.3. The molecule has 1 fully saturated rings. The maximum absolute atomic E-state index is 12.4. The van der Waals surface area contributed by atoms with Gasteiger partial charge in [0.05, 0.1) is 29.3 Å². The fourth-order valence-electron chi connectivity index (χ4n) is 2.97. The van der Waals surface area contributed by atoms with Crippen molar-refractivity contribution < 1.29 is 13.2 Å². The van der Waals surface area contributed by atoms with Gasteiger partial charge < -0.3 is 5.32 Å². The number of nitrogens with one attached hydrogen (secondary N) is 1. The van der Waals surface area contributed by atoms with Gasteiger partial charge in [-0.3, -0.25) is 9.48 Å². The third kappa shape index (κ3) is 3.51. The molecule has 1 aliphatic heterocycles. The molecular formula is C17H21N3O3S. The molecule has 0 spiro atoms. The molecule has 0 radical (unpaired) electrons. The normalized spacial score (nSPS) is 19.3. The Morgan fingerprint density at radius 1 is 1.29 bits per heavy atom. The highest BCUT2D eigenvalue weighted by Gasteiger charge is 2.31. The van der Waals surface area contributed by atoms with Crippen LogP contribution in [-0.2, 0) is 16.4 Å². The van der Waals surface area contributed by atoms with E-state index in [-0.39, 0.29) is 23.5 Å². The summed E-state index contributed by atoms with van der Waals surface area (Å²) in [4.78, 5) is 12.4. The van der Waals surface area contributed by atoms with Crippen molar-refractivity contribution in [1.29, 1.82) is 0 Å². The van der Waals surface area contributed by atoms with Crippen molar-refractivity contribution >= 4 is 15.7 Å². The molecule has 1 aromatic carbocycles. The first-order valence-corrected chi connectivity index (χ1v) is 9.76.